The summed E-state index contributed by atoms with van der Waals surface area (Å²) in [6, 6.07) is 6.79. The minimum atomic E-state index is -0.922. The molecule has 0 saturated heterocycles. The molecule has 21 heavy (non-hydrogen) atoms. The van der Waals surface area contributed by atoms with Crippen LogP contribution in [0.5, 0.6) is 5.75 Å². The molecule has 0 bridgehead atoms. The third-order valence-corrected chi connectivity index (χ3v) is 2.94. The number of nitrogens with one attached hydrogen (secondary N) is 1. The van der Waals surface area contributed by atoms with Gasteiger partial charge in [-0.15, -0.1) is 0 Å². The summed E-state index contributed by atoms with van der Waals surface area (Å²) >= 11 is 5.74. The first kappa shape index (κ1) is 14.7. The lowest BCUT2D eigenvalue weighted by Gasteiger charge is -2.09. The van der Waals surface area contributed by atoms with Crippen LogP contribution in [0.3, 0.4) is 0 Å². The molecule has 2 aromatic rings. The second-order valence-electron chi connectivity index (χ2n) is 4.01. The minimum absolute atomic E-state index is 0.113. The van der Waals surface area contributed by atoms with E-state index in [9.17, 15) is 24.4 Å². The molecular formula is C13H8ClFN2O4. The molecule has 2 aromatic carbocycles. The van der Waals surface area contributed by atoms with Gasteiger partial charge in [-0.2, -0.15) is 0 Å². The van der Waals surface area contributed by atoms with Crippen molar-refractivity contribution in [1.29, 1.82) is 0 Å². The molecule has 0 aliphatic heterocycles. The molecule has 0 heterocycles. The van der Waals surface area contributed by atoms with Gasteiger partial charge in [0.1, 0.15) is 11.6 Å². The van der Waals surface area contributed by atoms with Crippen molar-refractivity contribution in [3.63, 3.8) is 0 Å². The molecule has 0 fully saturated rings. The number of carbonyl (C=O) groups excluding carboxylic acids is 1. The number of nitro benzene ring substituents is 1. The number of phenols is 1. The number of benzene rings is 2. The van der Waals surface area contributed by atoms with Crippen molar-refractivity contribution in [2.24, 2.45) is 0 Å². The van der Waals surface area contributed by atoms with E-state index in [2.05, 4.69) is 5.32 Å². The van der Waals surface area contributed by atoms with Gasteiger partial charge in [0, 0.05) is 12.1 Å². The number of carbonyl (C=O) groups is 1. The number of amides is 1. The summed E-state index contributed by atoms with van der Waals surface area (Å²) in [6.07, 6.45) is 0. The zero-order valence-electron chi connectivity index (χ0n) is 10.3. The molecule has 0 saturated carbocycles. The van der Waals surface area contributed by atoms with Crippen molar-refractivity contribution >= 4 is 28.9 Å². The van der Waals surface area contributed by atoms with E-state index in [1.54, 1.807) is 0 Å². The smallest absolute Gasteiger partial charge is 0.271 e. The molecular weight excluding hydrogens is 303 g/mol. The molecule has 8 heteroatoms. The molecule has 2 rings (SSSR count). The maximum atomic E-state index is 13.6. The van der Waals surface area contributed by atoms with Crippen LogP contribution in [0.2, 0.25) is 5.02 Å². The molecule has 0 aliphatic rings. The first-order valence-electron chi connectivity index (χ1n) is 5.63. The number of aromatic hydroxyl groups is 1. The molecule has 6 nitrogen and oxygen atoms in total. The summed E-state index contributed by atoms with van der Waals surface area (Å²) in [7, 11) is 0. The van der Waals surface area contributed by atoms with Gasteiger partial charge in [0.25, 0.3) is 11.6 Å². The minimum Gasteiger partial charge on any atom is -0.506 e. The van der Waals surface area contributed by atoms with E-state index >= 15 is 0 Å². The number of phenolic OH excluding ortho intramolecular Hbond substituents is 1. The fraction of sp³-hybridized carbons (Fsp3) is 0. The normalized spacial score (nSPS) is 10.2. The Morgan fingerprint density at radius 2 is 2.05 bits per heavy atom. The Hall–Kier alpha value is -2.67. The van der Waals surface area contributed by atoms with Crippen LogP contribution in [0.15, 0.2) is 36.4 Å². The maximum absolute atomic E-state index is 13.6. The van der Waals surface area contributed by atoms with Crippen molar-refractivity contribution < 1.29 is 19.2 Å². The quantitative estimate of drug-likeness (QED) is 0.516. The van der Waals surface area contributed by atoms with E-state index in [4.69, 9.17) is 11.6 Å². The Kier molecular flexibility index (Phi) is 4.04. The largest absolute Gasteiger partial charge is 0.506 e. The molecule has 2 N–H and O–H groups in total. The van der Waals surface area contributed by atoms with Crippen molar-refractivity contribution in [1.82, 2.24) is 0 Å². The third-order valence-electron chi connectivity index (χ3n) is 2.63. The van der Waals surface area contributed by atoms with Gasteiger partial charge in [-0.25, -0.2) is 4.39 Å². The number of nitro groups is 1. The summed E-state index contributed by atoms with van der Waals surface area (Å²) in [5, 5.41) is 22.3. The van der Waals surface area contributed by atoms with Crippen molar-refractivity contribution in [3.05, 3.63) is 62.9 Å². The average molecular weight is 311 g/mol. The highest BCUT2D eigenvalue weighted by atomic mass is 35.5. The van der Waals surface area contributed by atoms with Gasteiger partial charge >= 0.3 is 0 Å². The second-order valence-corrected chi connectivity index (χ2v) is 4.42. The van der Waals surface area contributed by atoms with Crippen LogP contribution >= 0.6 is 11.6 Å². The number of hydrogen-bond donors (Lipinski definition) is 2. The number of anilines is 1. The lowest BCUT2D eigenvalue weighted by molar-refractivity contribution is -0.384. The number of hydrogen-bond acceptors (Lipinski definition) is 4. The Bertz CT molecular complexity index is 716. The first-order valence-corrected chi connectivity index (χ1v) is 6.00. The number of halogens is 2. The Balaban J connectivity index is 2.36. The molecule has 0 spiro atoms. The van der Waals surface area contributed by atoms with Gasteiger partial charge in [-0.3, -0.25) is 14.9 Å². The van der Waals surface area contributed by atoms with Crippen LogP contribution in [-0.4, -0.2) is 15.9 Å². The van der Waals surface area contributed by atoms with Gasteiger partial charge < -0.3 is 10.4 Å². The Morgan fingerprint density at radius 1 is 1.33 bits per heavy atom. The van der Waals surface area contributed by atoms with Crippen LogP contribution in [0.1, 0.15) is 10.4 Å². The summed E-state index contributed by atoms with van der Waals surface area (Å²) in [5.74, 6) is -2.15. The van der Waals surface area contributed by atoms with Crippen LogP contribution in [0.25, 0.3) is 0 Å². The van der Waals surface area contributed by atoms with Gasteiger partial charge in [-0.1, -0.05) is 17.7 Å². The van der Waals surface area contributed by atoms with E-state index in [1.807, 2.05) is 0 Å². The standard InChI is InChI=1S/C13H8ClFN2O4/c14-8-2-1-3-9(15)12(8)13(19)16-10-6-7(17(20)21)4-5-11(10)18/h1-6,18H,(H,16,19). The predicted octanol–water partition coefficient (Wildman–Crippen LogP) is 3.35. The van der Waals surface area contributed by atoms with Gasteiger partial charge in [-0.05, 0) is 18.2 Å². The lowest BCUT2D eigenvalue weighted by Crippen LogP contribution is -2.14. The van der Waals surface area contributed by atoms with Gasteiger partial charge in [0.15, 0.2) is 0 Å². The van der Waals surface area contributed by atoms with Crippen molar-refractivity contribution in [2.45, 2.75) is 0 Å². The molecule has 0 atom stereocenters. The highest BCUT2D eigenvalue weighted by Crippen LogP contribution is 2.29. The maximum Gasteiger partial charge on any atom is 0.271 e. The van der Waals surface area contributed by atoms with E-state index in [-0.39, 0.29) is 22.1 Å². The van der Waals surface area contributed by atoms with Crippen LogP contribution < -0.4 is 5.32 Å². The molecule has 1 amide bonds. The third kappa shape index (κ3) is 3.09. The topological polar surface area (TPSA) is 92.5 Å². The molecule has 108 valence electrons. The van der Waals surface area contributed by atoms with E-state index in [1.165, 1.54) is 12.1 Å². The van der Waals surface area contributed by atoms with Gasteiger partial charge in [0.05, 0.1) is 21.2 Å². The zero-order chi connectivity index (χ0) is 15.6. The van der Waals surface area contributed by atoms with Crippen LogP contribution in [-0.2, 0) is 0 Å². The second kappa shape index (κ2) is 5.76. The van der Waals surface area contributed by atoms with Gasteiger partial charge in [0.2, 0.25) is 0 Å². The van der Waals surface area contributed by atoms with Crippen LogP contribution in [0, 0.1) is 15.9 Å². The first-order chi connectivity index (χ1) is 9.90. The molecule has 0 aromatic heterocycles. The van der Waals surface area contributed by atoms with Crippen LogP contribution in [0.4, 0.5) is 15.8 Å². The van der Waals surface area contributed by atoms with Crippen molar-refractivity contribution in [2.75, 3.05) is 5.32 Å². The monoisotopic (exact) mass is 310 g/mol. The fourth-order valence-electron chi connectivity index (χ4n) is 1.64. The summed E-state index contributed by atoms with van der Waals surface area (Å²) in [4.78, 5) is 21.9. The number of rotatable bonds is 3. The summed E-state index contributed by atoms with van der Waals surface area (Å²) in [5.41, 5.74) is -0.957. The van der Waals surface area contributed by atoms with Crippen molar-refractivity contribution in [3.8, 4) is 5.75 Å². The van der Waals surface area contributed by atoms with E-state index in [0.29, 0.717) is 0 Å². The highest BCUT2D eigenvalue weighted by Gasteiger charge is 2.18. The number of nitrogens with zero attached hydrogens (tertiary/aromatic N) is 1. The molecule has 0 unspecified atom stereocenters. The molecule has 0 aliphatic carbocycles. The lowest BCUT2D eigenvalue weighted by atomic mass is 10.2. The SMILES string of the molecule is O=C(Nc1cc([N+](=O)[O-])ccc1O)c1c(F)cccc1Cl. The van der Waals surface area contributed by atoms with E-state index < -0.39 is 22.2 Å². The average Bonchev–Trinajstić information content (AvgIpc) is 2.40. The Labute approximate surface area is 122 Å². The summed E-state index contributed by atoms with van der Waals surface area (Å²) in [6.45, 7) is 0. The fourth-order valence-corrected chi connectivity index (χ4v) is 1.89. The van der Waals surface area contributed by atoms with E-state index in [0.717, 1.165) is 24.3 Å². The number of non-ortho nitro benzene ring substituents is 1. The predicted molar refractivity (Wildman–Crippen MR) is 74.1 cm³/mol. The molecule has 0 radical (unpaired) electrons. The highest BCUT2D eigenvalue weighted by molar-refractivity contribution is 6.34. The Morgan fingerprint density at radius 3 is 2.67 bits per heavy atom. The summed E-state index contributed by atoms with van der Waals surface area (Å²) < 4.78 is 13.6. The zero-order valence-corrected chi connectivity index (χ0v) is 11.1.